The summed E-state index contributed by atoms with van der Waals surface area (Å²) in [5.74, 6) is 0. The average molecular weight is 357 g/mol. The molecule has 0 saturated heterocycles. The van der Waals surface area contributed by atoms with Crippen LogP contribution in [0.15, 0.2) is 60.8 Å². The van der Waals surface area contributed by atoms with Crippen molar-refractivity contribution in [1.29, 1.82) is 0 Å². The van der Waals surface area contributed by atoms with E-state index in [9.17, 15) is 5.11 Å². The lowest BCUT2D eigenvalue weighted by atomic mass is 9.48. The highest BCUT2D eigenvalue weighted by molar-refractivity contribution is 6.45. The zero-order chi connectivity index (χ0) is 21.9. The first-order valence-electron chi connectivity index (χ1n) is 9.45. The van der Waals surface area contributed by atoms with Gasteiger partial charge in [-0.15, -0.1) is 0 Å². The molecule has 0 aromatic heterocycles. The van der Waals surface area contributed by atoms with Crippen LogP contribution in [0.1, 0.15) is 39.5 Å². The summed E-state index contributed by atoms with van der Waals surface area (Å²) < 4.78 is 0. The lowest BCUT2D eigenvalue weighted by Gasteiger charge is -2.25. The Hall–Kier alpha value is -0.885. The monoisotopic (exact) mass is 358 g/mol. The van der Waals surface area contributed by atoms with Gasteiger partial charge in [0.25, 0.3) is 0 Å². The standard InChI is InChI=1S/C20H25B7O/c1-3-5-7-8-9-17(21,22)11-12-18(23,24)13-14-19(25,26)15-16-20(27,28)10-6-4-2/h6,8-16,28H,3-5,7H2,1-2H3/b9-8-,10-6-,12-11-,14-13-,16-15-. The van der Waals surface area contributed by atoms with E-state index in [0.717, 1.165) is 25.7 Å². The predicted octanol–water partition coefficient (Wildman–Crippen LogP) is 2.58. The third kappa shape index (κ3) is 14.2. The molecule has 1 atom stereocenters. The van der Waals surface area contributed by atoms with Crippen molar-refractivity contribution >= 4 is 54.9 Å². The second kappa shape index (κ2) is 12.0. The van der Waals surface area contributed by atoms with Gasteiger partial charge in [0.1, 0.15) is 7.85 Å². The van der Waals surface area contributed by atoms with Gasteiger partial charge in [-0.05, 0) is 12.8 Å². The van der Waals surface area contributed by atoms with Gasteiger partial charge in [0.2, 0.25) is 0 Å². The SMILES string of the molecule is [B]C([B])(/C=C\CCCC)/C=C\C([B])([B])/C=C\C([B])([B])/C=C\C([B])(O)/C=C\CC. The van der Waals surface area contributed by atoms with Crippen molar-refractivity contribution in [2.24, 2.45) is 0 Å². The molecule has 28 heavy (non-hydrogen) atoms. The van der Waals surface area contributed by atoms with Crippen molar-refractivity contribution in [3.8, 4) is 0 Å². The fourth-order valence-electron chi connectivity index (χ4n) is 1.99. The van der Waals surface area contributed by atoms with Crippen LogP contribution in [0.2, 0.25) is 15.6 Å². The second-order valence-corrected chi connectivity index (χ2v) is 7.24. The first-order chi connectivity index (χ1) is 12.7. The van der Waals surface area contributed by atoms with Crippen LogP contribution in [0.4, 0.5) is 0 Å². The lowest BCUT2D eigenvalue weighted by molar-refractivity contribution is 0.228. The number of aliphatic hydroxyl groups is 1. The number of hydrogen-bond acceptors (Lipinski definition) is 1. The molecule has 0 fully saturated rings. The van der Waals surface area contributed by atoms with Crippen LogP contribution in [-0.4, -0.2) is 65.5 Å². The van der Waals surface area contributed by atoms with Crippen molar-refractivity contribution in [2.75, 3.05) is 0 Å². The quantitative estimate of drug-likeness (QED) is 0.324. The van der Waals surface area contributed by atoms with Gasteiger partial charge in [-0.3, -0.25) is 0 Å². The molecular formula is C20H25B7O. The molecule has 1 nitrogen and oxygen atoms in total. The Morgan fingerprint density at radius 3 is 1.46 bits per heavy atom. The van der Waals surface area contributed by atoms with Crippen LogP contribution in [-0.2, 0) is 0 Å². The maximum absolute atomic E-state index is 9.99. The van der Waals surface area contributed by atoms with Gasteiger partial charge >= 0.3 is 0 Å². The summed E-state index contributed by atoms with van der Waals surface area (Å²) in [5, 5.41) is 6.02. The Kier molecular flexibility index (Phi) is 11.6. The topological polar surface area (TPSA) is 20.2 Å². The minimum atomic E-state index is -1.65. The van der Waals surface area contributed by atoms with E-state index in [1.54, 1.807) is 12.2 Å². The minimum absolute atomic E-state index is 0.733. The highest BCUT2D eigenvalue weighted by Gasteiger charge is 2.17. The molecule has 0 aromatic carbocycles. The van der Waals surface area contributed by atoms with Crippen molar-refractivity contribution in [2.45, 2.75) is 60.7 Å². The third-order valence-electron chi connectivity index (χ3n) is 3.71. The maximum atomic E-state index is 9.99. The molecule has 132 valence electrons. The van der Waals surface area contributed by atoms with Crippen LogP contribution >= 0.6 is 0 Å². The molecule has 1 N–H and O–H groups in total. The zero-order valence-corrected chi connectivity index (χ0v) is 17.1. The molecule has 8 heteroatoms. The summed E-state index contributed by atoms with van der Waals surface area (Å²) in [7, 11) is 41.6. The first kappa shape index (κ1) is 27.1. The molecule has 0 bridgehead atoms. The molecule has 0 aromatic rings. The van der Waals surface area contributed by atoms with Crippen LogP contribution in [0.25, 0.3) is 0 Å². The Labute approximate surface area is 181 Å². The molecule has 0 aliphatic rings. The van der Waals surface area contributed by atoms with Gasteiger partial charge in [0, 0.05) is 0 Å². The maximum Gasteiger partial charge on any atom is 0.125 e. The molecule has 0 spiro atoms. The van der Waals surface area contributed by atoms with Gasteiger partial charge < -0.3 is 5.11 Å². The molecule has 0 aliphatic carbocycles. The Balaban J connectivity index is 5.07. The number of hydrogen-bond donors (Lipinski definition) is 1. The summed E-state index contributed by atoms with van der Waals surface area (Å²) in [6, 6.07) is 0. The summed E-state index contributed by atoms with van der Waals surface area (Å²) in [5.41, 5.74) is -1.65. The van der Waals surface area contributed by atoms with E-state index in [-0.39, 0.29) is 0 Å². The summed E-state index contributed by atoms with van der Waals surface area (Å²) >= 11 is 0. The van der Waals surface area contributed by atoms with E-state index in [4.69, 9.17) is 54.9 Å². The van der Waals surface area contributed by atoms with Crippen LogP contribution in [0.3, 0.4) is 0 Å². The van der Waals surface area contributed by atoms with E-state index in [2.05, 4.69) is 6.92 Å². The normalized spacial score (nSPS) is 16.8. The van der Waals surface area contributed by atoms with E-state index >= 15 is 0 Å². The number of allylic oxidation sites excluding steroid dienone is 8. The van der Waals surface area contributed by atoms with E-state index in [1.807, 2.05) is 13.0 Å². The van der Waals surface area contributed by atoms with Gasteiger partial charge in [-0.25, -0.2) is 0 Å². The number of unbranched alkanes of at least 4 members (excludes halogenated alkanes) is 2. The second-order valence-electron chi connectivity index (χ2n) is 7.24. The average Bonchev–Trinajstić information content (AvgIpc) is 2.60. The predicted molar refractivity (Wildman–Crippen MR) is 129 cm³/mol. The van der Waals surface area contributed by atoms with E-state index in [1.165, 1.54) is 42.5 Å². The van der Waals surface area contributed by atoms with E-state index in [0.29, 0.717) is 0 Å². The fraction of sp³-hybridized carbons (Fsp3) is 0.500. The fourth-order valence-corrected chi connectivity index (χ4v) is 1.99. The van der Waals surface area contributed by atoms with Crippen molar-refractivity contribution in [1.82, 2.24) is 0 Å². The smallest absolute Gasteiger partial charge is 0.125 e. The van der Waals surface area contributed by atoms with Gasteiger partial charge in [0.15, 0.2) is 0 Å². The summed E-state index contributed by atoms with van der Waals surface area (Å²) in [6.07, 6.45) is 19.0. The van der Waals surface area contributed by atoms with Gasteiger partial charge in [-0.2, -0.15) is 0 Å². The van der Waals surface area contributed by atoms with Crippen LogP contribution in [0, 0.1) is 0 Å². The lowest BCUT2D eigenvalue weighted by Crippen LogP contribution is -2.23. The summed E-state index contributed by atoms with van der Waals surface area (Å²) in [6.45, 7) is 4.03. The minimum Gasteiger partial charge on any atom is -0.392 e. The number of rotatable bonds is 12. The van der Waals surface area contributed by atoms with Crippen LogP contribution < -0.4 is 0 Å². The third-order valence-corrected chi connectivity index (χ3v) is 3.71. The van der Waals surface area contributed by atoms with Crippen molar-refractivity contribution in [3.05, 3.63) is 60.8 Å². The molecule has 0 heterocycles. The molecule has 14 radical (unpaired) electrons. The van der Waals surface area contributed by atoms with Crippen LogP contribution in [0.5, 0.6) is 0 Å². The highest BCUT2D eigenvalue weighted by Crippen LogP contribution is 2.30. The van der Waals surface area contributed by atoms with Crippen molar-refractivity contribution in [3.63, 3.8) is 0 Å². The van der Waals surface area contributed by atoms with Gasteiger partial charge in [-0.1, -0.05) is 103 Å². The Bertz CT molecular complexity index is 600. The Morgan fingerprint density at radius 1 is 0.607 bits per heavy atom. The molecule has 0 amide bonds. The molecular weight excluding hydrogens is 332 g/mol. The summed E-state index contributed by atoms with van der Waals surface area (Å²) in [4.78, 5) is 0. The molecule has 0 aliphatic heterocycles. The zero-order valence-electron chi connectivity index (χ0n) is 17.1. The highest BCUT2D eigenvalue weighted by atomic mass is 16.3. The first-order valence-corrected chi connectivity index (χ1v) is 9.45. The Morgan fingerprint density at radius 2 is 1.04 bits per heavy atom. The largest absolute Gasteiger partial charge is 0.392 e. The van der Waals surface area contributed by atoms with Gasteiger partial charge in [0.05, 0.1) is 52.6 Å². The molecule has 0 saturated carbocycles. The molecule has 1 unspecified atom stereocenters. The van der Waals surface area contributed by atoms with E-state index < -0.39 is 21.1 Å². The molecule has 0 rings (SSSR count). The van der Waals surface area contributed by atoms with Crippen molar-refractivity contribution < 1.29 is 5.11 Å².